The van der Waals surface area contributed by atoms with Crippen LogP contribution in [0.25, 0.3) is 0 Å². The lowest BCUT2D eigenvalue weighted by Crippen LogP contribution is -2.07. The number of aromatic nitrogens is 2. The summed E-state index contributed by atoms with van der Waals surface area (Å²) in [6.07, 6.45) is -3.42. The summed E-state index contributed by atoms with van der Waals surface area (Å²) in [5, 5.41) is 2.31. The number of para-hydroxylation sites is 2. The highest BCUT2D eigenvalue weighted by atomic mass is 35.5. The summed E-state index contributed by atoms with van der Waals surface area (Å²) >= 11 is 5.63. The molecule has 0 spiro atoms. The molecule has 0 saturated carbocycles. The number of nitrogens with two attached hydrogens (primary N) is 1. The topological polar surface area (TPSA) is 82.3 Å². The highest BCUT2D eigenvalue weighted by molar-refractivity contribution is 6.31. The molecule has 0 radical (unpaired) electrons. The third kappa shape index (κ3) is 4.20. The number of ether oxygens (including phenoxy) is 2. The van der Waals surface area contributed by atoms with E-state index < -0.39 is 16.8 Å². The van der Waals surface area contributed by atoms with Gasteiger partial charge in [0.15, 0.2) is 17.3 Å². The van der Waals surface area contributed by atoms with E-state index in [4.69, 9.17) is 26.8 Å². The number of nitrogen functional groups attached to an aromatic ring is 1. The van der Waals surface area contributed by atoms with Gasteiger partial charge in [0.05, 0.1) is 17.7 Å². The van der Waals surface area contributed by atoms with Gasteiger partial charge in [0.2, 0.25) is 5.88 Å². The maximum atomic E-state index is 13.0. The lowest BCUT2D eigenvalue weighted by atomic mass is 10.2. The Morgan fingerprint density at radius 3 is 2.46 bits per heavy atom. The van der Waals surface area contributed by atoms with Crippen molar-refractivity contribution in [2.75, 3.05) is 18.2 Å². The molecule has 0 atom stereocenters. The van der Waals surface area contributed by atoms with Crippen molar-refractivity contribution in [1.29, 1.82) is 0 Å². The van der Waals surface area contributed by atoms with Gasteiger partial charge in [-0.3, -0.25) is 0 Å². The number of halogens is 4. The third-order valence-corrected chi connectivity index (χ3v) is 3.99. The smallest absolute Gasteiger partial charge is 0.417 e. The lowest BCUT2D eigenvalue weighted by molar-refractivity contribution is -0.137. The van der Waals surface area contributed by atoms with Crippen molar-refractivity contribution in [3.63, 3.8) is 0 Å². The van der Waals surface area contributed by atoms with Crippen LogP contribution in [0.1, 0.15) is 5.56 Å². The van der Waals surface area contributed by atoms with Crippen molar-refractivity contribution < 1.29 is 22.6 Å². The van der Waals surface area contributed by atoms with Gasteiger partial charge in [-0.15, -0.1) is 0 Å². The minimum absolute atomic E-state index is 0.0110. The van der Waals surface area contributed by atoms with Crippen LogP contribution in [0.3, 0.4) is 0 Å². The zero-order valence-corrected chi connectivity index (χ0v) is 15.2. The van der Waals surface area contributed by atoms with E-state index >= 15 is 0 Å². The molecular formula is C18H14ClF3N4O2. The fourth-order valence-corrected chi connectivity index (χ4v) is 2.55. The second-order valence-corrected chi connectivity index (χ2v) is 5.92. The van der Waals surface area contributed by atoms with E-state index in [1.807, 2.05) is 0 Å². The molecule has 146 valence electrons. The van der Waals surface area contributed by atoms with Crippen molar-refractivity contribution in [2.24, 2.45) is 0 Å². The van der Waals surface area contributed by atoms with Crippen molar-refractivity contribution in [2.45, 2.75) is 6.18 Å². The number of hydrogen-bond acceptors (Lipinski definition) is 6. The Morgan fingerprint density at radius 2 is 1.79 bits per heavy atom. The summed E-state index contributed by atoms with van der Waals surface area (Å²) in [5.74, 6) is 0.928. The zero-order chi connectivity index (χ0) is 20.3. The number of nitrogens with zero attached hydrogens (tertiary/aromatic N) is 2. The van der Waals surface area contributed by atoms with E-state index in [0.717, 1.165) is 12.1 Å². The molecule has 0 unspecified atom stereocenters. The monoisotopic (exact) mass is 410 g/mol. The van der Waals surface area contributed by atoms with Crippen LogP contribution in [-0.2, 0) is 6.18 Å². The average Bonchev–Trinajstić information content (AvgIpc) is 2.66. The SMILES string of the molecule is COc1ccccc1Oc1ncnc(Nc2ccc(Cl)c(C(F)(F)F)c2)c1N. The molecular weight excluding hydrogens is 397 g/mol. The van der Waals surface area contributed by atoms with Crippen molar-refractivity contribution >= 4 is 28.8 Å². The molecule has 3 rings (SSSR count). The molecule has 0 saturated heterocycles. The maximum Gasteiger partial charge on any atom is 0.417 e. The summed E-state index contributed by atoms with van der Waals surface area (Å²) in [4.78, 5) is 7.93. The van der Waals surface area contributed by atoms with Gasteiger partial charge < -0.3 is 20.5 Å². The largest absolute Gasteiger partial charge is 0.493 e. The van der Waals surface area contributed by atoms with Gasteiger partial charge in [-0.1, -0.05) is 23.7 Å². The Labute approximate surface area is 163 Å². The van der Waals surface area contributed by atoms with Crippen LogP contribution in [0.2, 0.25) is 5.02 Å². The number of hydrogen-bond donors (Lipinski definition) is 2. The Kier molecular flexibility index (Phi) is 5.46. The Bertz CT molecular complexity index is 999. The normalized spacial score (nSPS) is 11.2. The van der Waals surface area contributed by atoms with E-state index in [9.17, 15) is 13.2 Å². The molecule has 1 aromatic heterocycles. The second-order valence-electron chi connectivity index (χ2n) is 5.51. The predicted octanol–water partition coefficient (Wildman–Crippen LogP) is 5.28. The van der Waals surface area contributed by atoms with Gasteiger partial charge in [-0.2, -0.15) is 18.2 Å². The summed E-state index contributed by atoms with van der Waals surface area (Å²) < 4.78 is 50.0. The van der Waals surface area contributed by atoms with E-state index in [0.29, 0.717) is 11.5 Å². The van der Waals surface area contributed by atoms with E-state index in [-0.39, 0.29) is 23.1 Å². The first-order chi connectivity index (χ1) is 13.3. The maximum absolute atomic E-state index is 13.0. The van der Waals surface area contributed by atoms with Crippen LogP contribution in [0, 0.1) is 0 Å². The fourth-order valence-electron chi connectivity index (χ4n) is 2.32. The summed E-state index contributed by atoms with van der Waals surface area (Å²) in [5.41, 5.74) is 5.16. The highest BCUT2D eigenvalue weighted by Crippen LogP contribution is 2.38. The Hall–Kier alpha value is -3.20. The molecule has 3 N–H and O–H groups in total. The van der Waals surface area contributed by atoms with Crippen LogP contribution < -0.4 is 20.5 Å². The number of anilines is 3. The van der Waals surface area contributed by atoms with Crippen LogP contribution in [0.15, 0.2) is 48.8 Å². The standard InChI is InChI=1S/C18H14ClF3N4O2/c1-27-13-4-2-3-5-14(13)28-17-15(23)16(24-9-25-17)26-10-6-7-12(19)11(8-10)18(20,21)22/h2-9H,23H2,1H3,(H,24,25,26). The van der Waals surface area contributed by atoms with Gasteiger partial charge in [0.25, 0.3) is 0 Å². The van der Waals surface area contributed by atoms with E-state index in [1.54, 1.807) is 24.3 Å². The molecule has 0 amide bonds. The van der Waals surface area contributed by atoms with E-state index in [1.165, 1.54) is 19.5 Å². The van der Waals surface area contributed by atoms with Crippen LogP contribution in [-0.4, -0.2) is 17.1 Å². The molecule has 3 aromatic rings. The summed E-state index contributed by atoms with van der Waals surface area (Å²) in [6, 6.07) is 10.2. The molecule has 6 nitrogen and oxygen atoms in total. The molecule has 10 heteroatoms. The zero-order valence-electron chi connectivity index (χ0n) is 14.4. The van der Waals surface area contributed by atoms with E-state index in [2.05, 4.69) is 15.3 Å². The minimum Gasteiger partial charge on any atom is -0.493 e. The molecule has 0 aliphatic rings. The van der Waals surface area contributed by atoms with Gasteiger partial charge in [-0.25, -0.2) is 4.98 Å². The predicted molar refractivity (Wildman–Crippen MR) is 99.2 cm³/mol. The first-order valence-corrected chi connectivity index (χ1v) is 8.22. The molecule has 0 aliphatic carbocycles. The van der Waals surface area contributed by atoms with Crippen LogP contribution >= 0.6 is 11.6 Å². The fraction of sp³-hybridized carbons (Fsp3) is 0.111. The molecule has 2 aromatic carbocycles. The molecule has 0 aliphatic heterocycles. The number of rotatable bonds is 5. The molecule has 0 fully saturated rings. The number of alkyl halides is 3. The summed E-state index contributed by atoms with van der Waals surface area (Å²) in [6.45, 7) is 0. The first kappa shape index (κ1) is 19.6. The summed E-state index contributed by atoms with van der Waals surface area (Å²) in [7, 11) is 1.48. The molecule has 1 heterocycles. The molecule has 28 heavy (non-hydrogen) atoms. The number of methoxy groups -OCH3 is 1. The lowest BCUT2D eigenvalue weighted by Gasteiger charge is -2.15. The number of nitrogens with one attached hydrogen (secondary N) is 1. The molecule has 0 bridgehead atoms. The first-order valence-electron chi connectivity index (χ1n) is 7.84. The van der Waals surface area contributed by atoms with Crippen molar-refractivity contribution in [3.8, 4) is 17.4 Å². The highest BCUT2D eigenvalue weighted by Gasteiger charge is 2.33. The van der Waals surface area contributed by atoms with Crippen molar-refractivity contribution in [1.82, 2.24) is 9.97 Å². The van der Waals surface area contributed by atoms with Gasteiger partial charge in [-0.05, 0) is 30.3 Å². The van der Waals surface area contributed by atoms with Crippen molar-refractivity contribution in [3.05, 3.63) is 59.4 Å². The average molecular weight is 411 g/mol. The van der Waals surface area contributed by atoms with Crippen LogP contribution in [0.5, 0.6) is 17.4 Å². The third-order valence-electron chi connectivity index (χ3n) is 3.66. The van der Waals surface area contributed by atoms with Gasteiger partial charge >= 0.3 is 6.18 Å². The second kappa shape index (κ2) is 7.81. The minimum atomic E-state index is -4.59. The van der Waals surface area contributed by atoms with Gasteiger partial charge in [0, 0.05) is 5.69 Å². The van der Waals surface area contributed by atoms with Gasteiger partial charge in [0.1, 0.15) is 12.0 Å². The Morgan fingerprint density at radius 1 is 1.07 bits per heavy atom. The number of benzene rings is 2. The Balaban J connectivity index is 1.90. The quantitative estimate of drug-likeness (QED) is 0.595. The van der Waals surface area contributed by atoms with Crippen LogP contribution in [0.4, 0.5) is 30.4 Å².